The number of aromatic nitrogens is 1. The molecule has 1 amide bonds. The predicted molar refractivity (Wildman–Crippen MR) is 92.1 cm³/mol. The van der Waals surface area contributed by atoms with E-state index >= 15 is 0 Å². The van der Waals surface area contributed by atoms with Gasteiger partial charge in [-0.25, -0.2) is 4.98 Å². The molecular formula is C19H22N2O4. The topological polar surface area (TPSA) is 92.4 Å². The summed E-state index contributed by atoms with van der Waals surface area (Å²) in [5.41, 5.74) is 1.29. The molecule has 0 aliphatic heterocycles. The molecule has 0 radical (unpaired) electrons. The molecule has 1 heterocycles. The Kier molecular flexibility index (Phi) is 5.16. The lowest BCUT2D eigenvalue weighted by molar-refractivity contribution is -0.142. The molecule has 0 saturated heterocycles. The van der Waals surface area contributed by atoms with Crippen molar-refractivity contribution in [2.45, 2.75) is 45.1 Å². The summed E-state index contributed by atoms with van der Waals surface area (Å²) in [5.74, 6) is -1.27. The minimum Gasteiger partial charge on any atom is -0.481 e. The number of nitrogens with zero attached hydrogens (tertiary/aromatic N) is 1. The molecule has 3 rings (SSSR count). The Morgan fingerprint density at radius 3 is 2.60 bits per heavy atom. The molecule has 6 nitrogen and oxygen atoms in total. The van der Waals surface area contributed by atoms with Crippen molar-refractivity contribution in [3.63, 3.8) is 0 Å². The molecule has 1 aliphatic rings. The van der Waals surface area contributed by atoms with Gasteiger partial charge >= 0.3 is 5.97 Å². The quantitative estimate of drug-likeness (QED) is 0.831. The number of carbonyl (C=O) groups is 2. The molecule has 1 fully saturated rings. The first kappa shape index (κ1) is 17.2. The monoisotopic (exact) mass is 342 g/mol. The second-order valence-corrected chi connectivity index (χ2v) is 6.46. The predicted octanol–water partition coefficient (Wildman–Crippen LogP) is 3.41. The van der Waals surface area contributed by atoms with Crippen molar-refractivity contribution in [2.24, 2.45) is 5.92 Å². The number of aliphatic carboxylic acids is 1. The maximum atomic E-state index is 12.6. The van der Waals surface area contributed by atoms with Crippen LogP contribution in [0.2, 0.25) is 0 Å². The molecule has 132 valence electrons. The van der Waals surface area contributed by atoms with Gasteiger partial charge in [-0.3, -0.25) is 9.59 Å². The van der Waals surface area contributed by atoms with E-state index in [0.717, 1.165) is 24.8 Å². The Labute approximate surface area is 146 Å². The number of carboxylic acids is 1. The highest BCUT2D eigenvalue weighted by Crippen LogP contribution is 2.25. The number of rotatable bonds is 4. The van der Waals surface area contributed by atoms with Crippen LogP contribution >= 0.6 is 0 Å². The van der Waals surface area contributed by atoms with Crippen molar-refractivity contribution in [1.29, 1.82) is 0 Å². The third kappa shape index (κ3) is 3.90. The van der Waals surface area contributed by atoms with Crippen molar-refractivity contribution in [1.82, 2.24) is 10.3 Å². The number of hydrogen-bond acceptors (Lipinski definition) is 4. The van der Waals surface area contributed by atoms with Crippen molar-refractivity contribution >= 4 is 11.9 Å². The number of oxazole rings is 1. The third-order valence-electron chi connectivity index (χ3n) is 4.67. The van der Waals surface area contributed by atoms with Crippen LogP contribution in [0.4, 0.5) is 0 Å². The maximum absolute atomic E-state index is 12.6. The number of carboxylic acid groups (broad SMARTS) is 1. The normalized spacial score (nSPS) is 20.7. The number of aryl methyl sites for hydroxylation is 1. The molecule has 0 unspecified atom stereocenters. The summed E-state index contributed by atoms with van der Waals surface area (Å²) in [6.07, 6.45) is 4.05. The molecule has 0 bridgehead atoms. The zero-order valence-electron chi connectivity index (χ0n) is 14.2. The Bertz CT molecular complexity index is 754. The molecule has 1 aliphatic carbocycles. The van der Waals surface area contributed by atoms with E-state index in [2.05, 4.69) is 10.3 Å². The highest BCUT2D eigenvalue weighted by atomic mass is 16.4. The molecular weight excluding hydrogens is 320 g/mol. The summed E-state index contributed by atoms with van der Waals surface area (Å²) >= 11 is 0. The van der Waals surface area contributed by atoms with Gasteiger partial charge in [0.1, 0.15) is 0 Å². The van der Waals surface area contributed by atoms with Crippen molar-refractivity contribution in [3.8, 4) is 11.5 Å². The van der Waals surface area contributed by atoms with E-state index in [1.54, 1.807) is 6.92 Å². The average Bonchev–Trinajstić information content (AvgIpc) is 2.84. The van der Waals surface area contributed by atoms with E-state index in [9.17, 15) is 14.7 Å². The lowest BCUT2D eigenvalue weighted by Crippen LogP contribution is -2.42. The van der Waals surface area contributed by atoms with Crippen LogP contribution in [0.3, 0.4) is 0 Å². The van der Waals surface area contributed by atoms with Crippen LogP contribution in [0.1, 0.15) is 48.4 Å². The molecule has 1 saturated carbocycles. The summed E-state index contributed by atoms with van der Waals surface area (Å²) in [4.78, 5) is 28.4. The molecule has 25 heavy (non-hydrogen) atoms. The van der Waals surface area contributed by atoms with E-state index < -0.39 is 17.8 Å². The fourth-order valence-electron chi connectivity index (χ4n) is 3.32. The summed E-state index contributed by atoms with van der Waals surface area (Å²) in [5, 5.41) is 12.3. The minimum absolute atomic E-state index is 0.146. The van der Waals surface area contributed by atoms with Gasteiger partial charge in [-0.15, -0.1) is 0 Å². The van der Waals surface area contributed by atoms with Gasteiger partial charge in [0.25, 0.3) is 5.91 Å². The van der Waals surface area contributed by atoms with Gasteiger partial charge in [-0.1, -0.05) is 37.5 Å². The molecule has 6 heteroatoms. The van der Waals surface area contributed by atoms with Gasteiger partial charge in [0, 0.05) is 11.6 Å². The van der Waals surface area contributed by atoms with E-state index in [-0.39, 0.29) is 11.8 Å². The van der Waals surface area contributed by atoms with Crippen molar-refractivity contribution in [3.05, 3.63) is 41.8 Å². The summed E-state index contributed by atoms with van der Waals surface area (Å²) in [6.45, 7) is 1.71. The number of amides is 1. The smallest absolute Gasteiger partial charge is 0.308 e. The third-order valence-corrected chi connectivity index (χ3v) is 4.67. The fraction of sp³-hybridized carbons (Fsp3) is 0.421. The van der Waals surface area contributed by atoms with Crippen molar-refractivity contribution < 1.29 is 19.1 Å². The average molecular weight is 342 g/mol. The molecule has 0 spiro atoms. The van der Waals surface area contributed by atoms with Gasteiger partial charge in [0.15, 0.2) is 0 Å². The Hall–Kier alpha value is -2.63. The maximum Gasteiger partial charge on any atom is 0.308 e. The minimum atomic E-state index is -0.855. The highest BCUT2D eigenvalue weighted by molar-refractivity contribution is 5.93. The Balaban J connectivity index is 1.78. The first-order valence-corrected chi connectivity index (χ1v) is 8.63. The van der Waals surface area contributed by atoms with Crippen molar-refractivity contribution in [2.75, 3.05) is 0 Å². The van der Waals surface area contributed by atoms with Crippen LogP contribution in [-0.4, -0.2) is 28.0 Å². The first-order chi connectivity index (χ1) is 12.1. The highest BCUT2D eigenvalue weighted by Gasteiger charge is 2.32. The zero-order chi connectivity index (χ0) is 17.8. The van der Waals surface area contributed by atoms with Crippen LogP contribution in [0, 0.1) is 12.8 Å². The first-order valence-electron chi connectivity index (χ1n) is 8.63. The standard InChI is InChI=1S/C19H22N2O4/c1-12-16(25-18(20-12)13-8-4-2-5-9-13)17(22)21-15-11-7-3-6-10-14(15)19(23)24/h2,4-5,8-9,14-15H,3,6-7,10-11H2,1H3,(H,21,22)(H,23,24)/t14-,15+/m1/s1. The van der Waals surface area contributed by atoms with Gasteiger partial charge in [-0.05, 0) is 31.9 Å². The van der Waals surface area contributed by atoms with Crippen LogP contribution in [-0.2, 0) is 4.79 Å². The summed E-state index contributed by atoms with van der Waals surface area (Å²) in [6, 6.07) is 8.98. The van der Waals surface area contributed by atoms with Gasteiger partial charge in [-0.2, -0.15) is 0 Å². The number of hydrogen-bond donors (Lipinski definition) is 2. The SMILES string of the molecule is Cc1nc(-c2ccccc2)oc1C(=O)N[C@H]1CCCCC[C@H]1C(=O)O. The van der Waals surface area contributed by atoms with Crippen LogP contribution < -0.4 is 5.32 Å². The van der Waals surface area contributed by atoms with E-state index in [1.165, 1.54) is 0 Å². The van der Waals surface area contributed by atoms with Gasteiger partial charge in [0.2, 0.25) is 11.7 Å². The summed E-state index contributed by atoms with van der Waals surface area (Å²) in [7, 11) is 0. The molecule has 2 atom stereocenters. The second-order valence-electron chi connectivity index (χ2n) is 6.46. The zero-order valence-corrected chi connectivity index (χ0v) is 14.2. The molecule has 1 aromatic carbocycles. The van der Waals surface area contributed by atoms with E-state index in [0.29, 0.717) is 24.4 Å². The molecule has 1 aromatic heterocycles. The largest absolute Gasteiger partial charge is 0.481 e. The fourth-order valence-corrected chi connectivity index (χ4v) is 3.32. The lowest BCUT2D eigenvalue weighted by Gasteiger charge is -2.22. The second kappa shape index (κ2) is 7.51. The van der Waals surface area contributed by atoms with E-state index in [4.69, 9.17) is 4.42 Å². The van der Waals surface area contributed by atoms with Gasteiger partial charge in [0.05, 0.1) is 11.6 Å². The number of nitrogens with one attached hydrogen (secondary N) is 1. The Morgan fingerprint density at radius 2 is 1.88 bits per heavy atom. The van der Waals surface area contributed by atoms with Gasteiger partial charge < -0.3 is 14.8 Å². The lowest BCUT2D eigenvalue weighted by atomic mass is 9.95. The molecule has 2 aromatic rings. The van der Waals surface area contributed by atoms with E-state index in [1.807, 2.05) is 30.3 Å². The molecule has 2 N–H and O–H groups in total. The van der Waals surface area contributed by atoms with Crippen LogP contribution in [0.5, 0.6) is 0 Å². The number of benzene rings is 1. The Morgan fingerprint density at radius 1 is 1.16 bits per heavy atom. The van der Waals surface area contributed by atoms with Crippen LogP contribution in [0.15, 0.2) is 34.7 Å². The van der Waals surface area contributed by atoms with Crippen LogP contribution in [0.25, 0.3) is 11.5 Å². The number of carbonyl (C=O) groups excluding carboxylic acids is 1. The summed E-state index contributed by atoms with van der Waals surface area (Å²) < 4.78 is 5.66.